The maximum atomic E-state index is 13.3. The normalized spacial score (nSPS) is 11.2. The molecule has 2 aromatic carbocycles. The van der Waals surface area contributed by atoms with Crippen molar-refractivity contribution in [3.8, 4) is 5.69 Å². The third-order valence-corrected chi connectivity index (χ3v) is 3.73. The maximum Gasteiger partial charge on any atom is 0.141 e. The number of alkyl halides is 1. The van der Waals surface area contributed by atoms with Crippen molar-refractivity contribution in [2.24, 2.45) is 0 Å². The number of nitrogens with zero attached hydrogens (tertiary/aromatic N) is 2. The number of benzene rings is 2. The van der Waals surface area contributed by atoms with Gasteiger partial charge in [-0.25, -0.2) is 9.37 Å². The molecule has 0 spiro atoms. The molecule has 3 rings (SSSR count). The maximum absolute atomic E-state index is 13.3. The number of halogens is 4. The van der Waals surface area contributed by atoms with Gasteiger partial charge in [-0.15, -0.1) is 11.6 Å². The predicted molar refractivity (Wildman–Crippen MR) is 80.6 cm³/mol. The van der Waals surface area contributed by atoms with Gasteiger partial charge in [0.05, 0.1) is 21.9 Å². The average molecular weight is 330 g/mol. The smallest absolute Gasteiger partial charge is 0.141 e. The molecule has 0 unspecified atom stereocenters. The summed E-state index contributed by atoms with van der Waals surface area (Å²) < 4.78 is 15.1. The first-order valence-corrected chi connectivity index (χ1v) is 7.07. The van der Waals surface area contributed by atoms with E-state index in [2.05, 4.69) is 4.98 Å². The highest BCUT2D eigenvalue weighted by Crippen LogP contribution is 2.27. The molecule has 6 heteroatoms. The van der Waals surface area contributed by atoms with E-state index in [0.717, 1.165) is 11.0 Å². The molecule has 0 aliphatic heterocycles. The van der Waals surface area contributed by atoms with Crippen molar-refractivity contribution in [1.82, 2.24) is 9.55 Å². The lowest BCUT2D eigenvalue weighted by Gasteiger charge is -2.08. The molecule has 0 saturated heterocycles. The first-order chi connectivity index (χ1) is 9.60. The van der Waals surface area contributed by atoms with Gasteiger partial charge in [0, 0.05) is 10.7 Å². The molecule has 102 valence electrons. The second kappa shape index (κ2) is 5.24. The predicted octanol–water partition coefficient (Wildman–Crippen LogP) is 5.21. The molecule has 0 N–H and O–H groups in total. The van der Waals surface area contributed by atoms with Crippen LogP contribution in [-0.2, 0) is 5.88 Å². The van der Waals surface area contributed by atoms with Gasteiger partial charge in [-0.2, -0.15) is 0 Å². The lowest BCUT2D eigenvalue weighted by molar-refractivity contribution is 0.628. The van der Waals surface area contributed by atoms with Crippen LogP contribution in [0, 0.1) is 5.82 Å². The van der Waals surface area contributed by atoms with Crippen LogP contribution in [0.4, 0.5) is 4.39 Å². The zero-order chi connectivity index (χ0) is 14.3. The van der Waals surface area contributed by atoms with Crippen LogP contribution in [0.1, 0.15) is 5.82 Å². The van der Waals surface area contributed by atoms with Gasteiger partial charge in [0.15, 0.2) is 0 Å². The Labute approximate surface area is 129 Å². The molecule has 0 amide bonds. The molecule has 0 aliphatic rings. The monoisotopic (exact) mass is 328 g/mol. The van der Waals surface area contributed by atoms with Gasteiger partial charge >= 0.3 is 0 Å². The minimum atomic E-state index is -0.467. The Balaban J connectivity index is 2.32. The van der Waals surface area contributed by atoms with E-state index in [1.54, 1.807) is 18.2 Å². The van der Waals surface area contributed by atoms with Crippen LogP contribution in [0.3, 0.4) is 0 Å². The Hall–Kier alpha value is -1.29. The Morgan fingerprint density at radius 2 is 1.90 bits per heavy atom. The lowest BCUT2D eigenvalue weighted by Crippen LogP contribution is -1.99. The lowest BCUT2D eigenvalue weighted by atomic mass is 10.2. The summed E-state index contributed by atoms with van der Waals surface area (Å²) in [6.45, 7) is 0. The molecular weight excluding hydrogens is 322 g/mol. The van der Waals surface area contributed by atoms with E-state index < -0.39 is 5.82 Å². The zero-order valence-corrected chi connectivity index (χ0v) is 12.3. The Kier molecular flexibility index (Phi) is 3.59. The van der Waals surface area contributed by atoms with Gasteiger partial charge in [-0.05, 0) is 36.4 Å². The van der Waals surface area contributed by atoms with Gasteiger partial charge in [-0.3, -0.25) is 4.57 Å². The standard InChI is InChI=1S/C14H8Cl3FN2/c15-7-14-19-12-4-1-8(16)5-13(12)20(14)9-2-3-11(18)10(17)6-9/h1-6H,7H2. The number of fused-ring (bicyclic) bond motifs is 1. The molecule has 0 atom stereocenters. The van der Waals surface area contributed by atoms with Crippen LogP contribution in [-0.4, -0.2) is 9.55 Å². The number of hydrogen-bond donors (Lipinski definition) is 0. The molecule has 2 nitrogen and oxygen atoms in total. The summed E-state index contributed by atoms with van der Waals surface area (Å²) in [5, 5.41) is 0.639. The van der Waals surface area contributed by atoms with Crippen molar-refractivity contribution in [2.75, 3.05) is 0 Å². The van der Waals surface area contributed by atoms with E-state index in [-0.39, 0.29) is 10.9 Å². The number of hydrogen-bond acceptors (Lipinski definition) is 1. The molecule has 20 heavy (non-hydrogen) atoms. The fourth-order valence-electron chi connectivity index (χ4n) is 2.10. The minimum Gasteiger partial charge on any atom is -0.295 e. The van der Waals surface area contributed by atoms with E-state index in [1.807, 2.05) is 10.6 Å². The van der Waals surface area contributed by atoms with Gasteiger partial charge < -0.3 is 0 Å². The average Bonchev–Trinajstić information content (AvgIpc) is 2.79. The Bertz CT molecular complexity index is 798. The van der Waals surface area contributed by atoms with Crippen molar-refractivity contribution < 1.29 is 4.39 Å². The molecule has 1 heterocycles. The fourth-order valence-corrected chi connectivity index (χ4v) is 2.62. The van der Waals surface area contributed by atoms with E-state index >= 15 is 0 Å². The minimum absolute atomic E-state index is 0.0481. The summed E-state index contributed by atoms with van der Waals surface area (Å²) in [5.41, 5.74) is 2.26. The summed E-state index contributed by atoms with van der Waals surface area (Å²) in [5.74, 6) is 0.401. The summed E-state index contributed by atoms with van der Waals surface area (Å²) >= 11 is 17.8. The Morgan fingerprint density at radius 1 is 1.10 bits per heavy atom. The summed E-state index contributed by atoms with van der Waals surface area (Å²) in [6, 6.07) is 9.84. The van der Waals surface area contributed by atoms with Gasteiger partial charge in [0.2, 0.25) is 0 Å². The van der Waals surface area contributed by atoms with Crippen LogP contribution in [0.25, 0.3) is 16.7 Å². The third kappa shape index (κ3) is 2.26. The van der Waals surface area contributed by atoms with Gasteiger partial charge in [0.25, 0.3) is 0 Å². The molecule has 0 saturated carbocycles. The van der Waals surface area contributed by atoms with Crippen molar-refractivity contribution in [3.63, 3.8) is 0 Å². The zero-order valence-electron chi connectivity index (χ0n) is 10.1. The molecule has 0 bridgehead atoms. The second-order valence-electron chi connectivity index (χ2n) is 4.23. The highest BCUT2D eigenvalue weighted by molar-refractivity contribution is 6.31. The highest BCUT2D eigenvalue weighted by atomic mass is 35.5. The van der Waals surface area contributed by atoms with E-state index in [4.69, 9.17) is 34.8 Å². The summed E-state index contributed by atoms with van der Waals surface area (Å²) in [7, 11) is 0. The van der Waals surface area contributed by atoms with Crippen LogP contribution < -0.4 is 0 Å². The van der Waals surface area contributed by atoms with Crippen molar-refractivity contribution >= 4 is 45.8 Å². The quantitative estimate of drug-likeness (QED) is 0.590. The SMILES string of the molecule is Fc1ccc(-n2c(CCl)nc3ccc(Cl)cc32)cc1Cl. The molecule has 3 aromatic rings. The molecule has 0 radical (unpaired) electrons. The topological polar surface area (TPSA) is 17.8 Å². The summed E-state index contributed by atoms with van der Waals surface area (Å²) in [6.07, 6.45) is 0. The van der Waals surface area contributed by atoms with Gasteiger partial charge in [-0.1, -0.05) is 23.2 Å². The molecule has 0 aliphatic carbocycles. The van der Waals surface area contributed by atoms with E-state index in [9.17, 15) is 4.39 Å². The first-order valence-electron chi connectivity index (χ1n) is 5.78. The highest BCUT2D eigenvalue weighted by Gasteiger charge is 2.13. The molecular formula is C14H8Cl3FN2. The molecule has 1 aromatic heterocycles. The van der Waals surface area contributed by atoms with Crippen LogP contribution >= 0.6 is 34.8 Å². The van der Waals surface area contributed by atoms with Gasteiger partial charge in [0.1, 0.15) is 11.6 Å². The van der Waals surface area contributed by atoms with E-state index in [0.29, 0.717) is 16.5 Å². The first kappa shape index (κ1) is 13.7. The van der Waals surface area contributed by atoms with E-state index in [1.165, 1.54) is 12.1 Å². The van der Waals surface area contributed by atoms with Crippen LogP contribution in [0.15, 0.2) is 36.4 Å². The van der Waals surface area contributed by atoms with Crippen LogP contribution in [0.2, 0.25) is 10.0 Å². The largest absolute Gasteiger partial charge is 0.295 e. The molecule has 0 fully saturated rings. The van der Waals surface area contributed by atoms with Crippen molar-refractivity contribution in [1.29, 1.82) is 0 Å². The Morgan fingerprint density at radius 3 is 2.60 bits per heavy atom. The summed E-state index contributed by atoms with van der Waals surface area (Å²) in [4.78, 5) is 4.44. The number of aromatic nitrogens is 2. The number of imidazole rings is 1. The fraction of sp³-hybridized carbons (Fsp3) is 0.0714. The third-order valence-electron chi connectivity index (χ3n) is 2.97. The van der Waals surface area contributed by atoms with Crippen LogP contribution in [0.5, 0.6) is 0 Å². The van der Waals surface area contributed by atoms with Crippen molar-refractivity contribution in [3.05, 3.63) is 58.1 Å². The second-order valence-corrected chi connectivity index (χ2v) is 5.34. The van der Waals surface area contributed by atoms with Crippen molar-refractivity contribution in [2.45, 2.75) is 5.88 Å². The number of rotatable bonds is 2.